The molecule has 77 heavy (non-hydrogen) atoms. The van der Waals surface area contributed by atoms with Crippen molar-refractivity contribution in [1.82, 2.24) is 0 Å². The molecule has 0 bridgehead atoms. The Morgan fingerprint density at radius 3 is 0.974 bits per heavy atom. The summed E-state index contributed by atoms with van der Waals surface area (Å²) in [7, 11) is -25.4. The predicted octanol–water partition coefficient (Wildman–Crippen LogP) is 12.8. The van der Waals surface area contributed by atoms with E-state index in [0.717, 1.165) is 0 Å². The molecule has 0 aromatic rings. The summed E-state index contributed by atoms with van der Waals surface area (Å²) < 4.78 is 117. The highest BCUT2D eigenvalue weighted by Crippen LogP contribution is 2.46. The van der Waals surface area contributed by atoms with Crippen LogP contribution in [0.2, 0.25) is 216 Å². The lowest BCUT2D eigenvalue weighted by atomic mass is 9.96. The Morgan fingerprint density at radius 2 is 0.597 bits per heavy atom. The van der Waals surface area contributed by atoms with Gasteiger partial charge in [0.2, 0.25) is 5.79 Å². The lowest BCUT2D eigenvalue weighted by Gasteiger charge is -2.54. The second kappa shape index (κ2) is 26.4. The van der Waals surface area contributed by atoms with Crippen molar-refractivity contribution in [3.63, 3.8) is 0 Å². The van der Waals surface area contributed by atoms with Gasteiger partial charge in [-0.1, -0.05) is 0 Å². The Balaban J connectivity index is 2.52. The second-order valence-corrected chi connectivity index (χ2v) is 81.6. The van der Waals surface area contributed by atoms with Crippen LogP contribution < -0.4 is 0 Å². The van der Waals surface area contributed by atoms with E-state index in [1.54, 1.807) is 0 Å². The van der Waals surface area contributed by atoms with Crippen LogP contribution in [0.1, 0.15) is 0 Å². The Kier molecular flexibility index (Phi) is 25.0. The van der Waals surface area contributed by atoms with Crippen LogP contribution in [0.25, 0.3) is 0 Å². The molecule has 0 aromatic carbocycles. The summed E-state index contributed by atoms with van der Waals surface area (Å²) in [5.41, 5.74) is 0. The Labute approximate surface area is 482 Å². The van der Waals surface area contributed by atoms with Crippen molar-refractivity contribution in [2.75, 3.05) is 19.8 Å². The lowest BCUT2D eigenvalue weighted by Crippen LogP contribution is -2.70. The highest BCUT2D eigenvalue weighted by Gasteiger charge is 2.65. The van der Waals surface area contributed by atoms with Gasteiger partial charge in [-0.15, -0.1) is 0 Å². The molecule has 0 radical (unpaired) electrons. The third kappa shape index (κ3) is 26.9. The second-order valence-electron chi connectivity index (χ2n) is 32.4. The van der Waals surface area contributed by atoms with Gasteiger partial charge in [0.1, 0.15) is 61.0 Å². The molecule has 1 unspecified atom stereocenters. The van der Waals surface area contributed by atoms with Gasteiger partial charge in [-0.05, 0) is 216 Å². The molecule has 3 aliphatic rings. The predicted molar refractivity (Wildman–Crippen MR) is 341 cm³/mol. The number of hydrogen-bond donors (Lipinski definition) is 0. The monoisotopic (exact) mass is 1280 g/mol. The molecule has 16 nitrogen and oxygen atoms in total. The molecule has 3 aliphatic heterocycles. The van der Waals surface area contributed by atoms with Crippen LogP contribution in [-0.4, -0.2) is 197 Å². The molecule has 3 fully saturated rings. The van der Waals surface area contributed by atoms with E-state index in [-0.39, 0.29) is 13.2 Å². The van der Waals surface area contributed by atoms with Gasteiger partial charge in [-0.3, -0.25) is 0 Å². The molecule has 458 valence electrons. The van der Waals surface area contributed by atoms with Crippen molar-refractivity contribution in [3.8, 4) is 0 Å². The quantitative estimate of drug-likeness (QED) is 0.0654. The van der Waals surface area contributed by atoms with Crippen molar-refractivity contribution >= 4 is 91.5 Å². The first-order valence-corrected chi connectivity index (χ1v) is 66.1. The van der Waals surface area contributed by atoms with Crippen LogP contribution in [0, 0.1) is 0 Å². The van der Waals surface area contributed by atoms with E-state index in [4.69, 9.17) is 72.4 Å². The first kappa shape index (κ1) is 73.0. The van der Waals surface area contributed by atoms with Crippen LogP contribution in [0.3, 0.4) is 0 Å². The third-order valence-electron chi connectivity index (χ3n) is 11.1. The average Bonchev–Trinajstić information content (AvgIpc) is 3.37. The zero-order valence-corrected chi connectivity index (χ0v) is 66.2. The Morgan fingerprint density at radius 1 is 0.286 bits per heavy atom. The summed E-state index contributed by atoms with van der Waals surface area (Å²) >= 11 is 0. The fraction of sp³-hybridized carbons (Fsp3) is 1.00. The molecule has 0 saturated carbocycles. The standard InChI is InChI=1S/C50H118O16Si11/c1-67(2,3)51-34-37-39(56-47-43(62-73(19,20)21)42(61-72(16,17)18)40(59-70(10,11)12)38(54-47)35-52-68(4,5)6)41(60-71(13,14)15)44(63-74(22,23)24)48(55-37)57-50(36-53-69(7,8)9)46(65-76(28,29)30)45(64-75(25,26)27)49(58-50)66-77(31,32)33/h37-49H,34-36H2,1-33H3/t37-,38-,39-,40+,41+,42+,43-,44-,45+,46+,47+,48-,49-,50?/m0/s1. The van der Waals surface area contributed by atoms with Crippen LogP contribution in [-0.2, 0) is 72.4 Å². The molecule has 3 saturated heterocycles. The van der Waals surface area contributed by atoms with Gasteiger partial charge >= 0.3 is 0 Å². The normalized spacial score (nSPS) is 32.3. The third-order valence-corrected chi connectivity index (χ3v) is 21.9. The van der Waals surface area contributed by atoms with Crippen molar-refractivity contribution in [1.29, 1.82) is 0 Å². The first-order valence-electron chi connectivity index (χ1n) is 28.6. The fourth-order valence-electron chi connectivity index (χ4n) is 8.90. The van der Waals surface area contributed by atoms with E-state index in [1.165, 1.54) is 0 Å². The molecule has 0 aromatic heterocycles. The SMILES string of the molecule is C[Si](C)(C)OC[C@@H]1O[C@@H](OC2(CO[Si](C)(C)C)O[C@@H](O[Si](C)(C)C)[C@H](O[Si](C)(C)C)[C@H]2O[Si](C)(C)C)[C@@H](O[Si](C)(C)C)[C@H](O[Si](C)(C)C)[C@H]1O[C@H]1O[C@@H](CO[Si](C)(C)C)[C@@H](O[Si](C)(C)C)[C@@H](O[Si](C)(C)C)[C@@H]1O[Si](C)(C)C. The number of rotatable bonds is 29. The molecule has 0 amide bonds. The molecule has 0 aliphatic carbocycles. The summed E-state index contributed by atoms with van der Waals surface area (Å²) in [6, 6.07) is 0. The Hall–Kier alpha value is 1.75. The summed E-state index contributed by atoms with van der Waals surface area (Å²) in [6.45, 7) is 72.7. The Bertz CT molecular complexity index is 1820. The molecule has 0 N–H and O–H groups in total. The largest absolute Gasteiger partial charge is 0.415 e. The minimum Gasteiger partial charge on any atom is -0.415 e. The summed E-state index contributed by atoms with van der Waals surface area (Å²) in [6.07, 6.45) is -9.76. The fourth-order valence-corrected chi connectivity index (χ4v) is 19.3. The van der Waals surface area contributed by atoms with Crippen LogP contribution in [0.4, 0.5) is 0 Å². The molecule has 0 spiro atoms. The van der Waals surface area contributed by atoms with Gasteiger partial charge < -0.3 is 72.4 Å². The van der Waals surface area contributed by atoms with Gasteiger partial charge in [0.15, 0.2) is 110 Å². The number of ether oxygens (including phenoxy) is 5. The molecular weight excluding hydrogens is 1170 g/mol. The van der Waals surface area contributed by atoms with Gasteiger partial charge in [0, 0.05) is 0 Å². The maximum Gasteiger partial charge on any atom is 0.224 e. The van der Waals surface area contributed by atoms with Crippen LogP contribution in [0.15, 0.2) is 0 Å². The van der Waals surface area contributed by atoms with E-state index in [9.17, 15) is 0 Å². The first-order chi connectivity index (χ1) is 33.9. The average molecular weight is 1280 g/mol. The minimum absolute atomic E-state index is 0.0374. The van der Waals surface area contributed by atoms with E-state index >= 15 is 0 Å². The summed E-state index contributed by atoms with van der Waals surface area (Å²) in [5, 5.41) is 0. The van der Waals surface area contributed by atoms with Crippen LogP contribution in [0.5, 0.6) is 0 Å². The molecule has 14 atom stereocenters. The summed E-state index contributed by atoms with van der Waals surface area (Å²) in [5.74, 6) is -1.58. The van der Waals surface area contributed by atoms with Gasteiger partial charge in [0.05, 0.1) is 19.8 Å². The topological polar surface area (TPSA) is 148 Å². The van der Waals surface area contributed by atoms with E-state index in [2.05, 4.69) is 216 Å². The highest BCUT2D eigenvalue weighted by molar-refractivity contribution is 6.73. The van der Waals surface area contributed by atoms with Crippen molar-refractivity contribution in [2.24, 2.45) is 0 Å². The summed E-state index contributed by atoms with van der Waals surface area (Å²) in [4.78, 5) is 0. The maximum atomic E-state index is 7.75. The van der Waals surface area contributed by atoms with E-state index in [1.807, 2.05) is 0 Å². The number of hydrogen-bond acceptors (Lipinski definition) is 16. The van der Waals surface area contributed by atoms with Crippen molar-refractivity contribution in [2.45, 2.75) is 302 Å². The molecular formula is C50H118O16Si11. The smallest absolute Gasteiger partial charge is 0.224 e. The van der Waals surface area contributed by atoms with Gasteiger partial charge in [-0.25, -0.2) is 0 Å². The zero-order chi connectivity index (χ0) is 59.9. The lowest BCUT2D eigenvalue weighted by molar-refractivity contribution is -0.396. The van der Waals surface area contributed by atoms with Crippen molar-refractivity contribution in [3.05, 3.63) is 0 Å². The molecule has 3 heterocycles. The van der Waals surface area contributed by atoms with Crippen molar-refractivity contribution < 1.29 is 72.4 Å². The highest BCUT2D eigenvalue weighted by atomic mass is 28.4. The molecule has 3 rings (SSSR count). The van der Waals surface area contributed by atoms with Gasteiger partial charge in [-0.2, -0.15) is 0 Å². The zero-order valence-electron chi connectivity index (χ0n) is 55.2. The minimum atomic E-state index is -2.51. The van der Waals surface area contributed by atoms with E-state index < -0.39 is 177 Å². The molecule has 27 heteroatoms. The maximum absolute atomic E-state index is 7.75. The van der Waals surface area contributed by atoms with Crippen LogP contribution >= 0.6 is 0 Å². The van der Waals surface area contributed by atoms with Gasteiger partial charge in [0.25, 0.3) is 0 Å². The van der Waals surface area contributed by atoms with E-state index in [0.29, 0.717) is 6.61 Å².